The van der Waals surface area contributed by atoms with E-state index in [4.69, 9.17) is 9.52 Å². The Kier molecular flexibility index (Phi) is 8.18. The van der Waals surface area contributed by atoms with Gasteiger partial charge in [-0.2, -0.15) is 0 Å². The maximum absolute atomic E-state index is 12.5. The fourth-order valence-electron chi connectivity index (χ4n) is 3.25. The minimum Gasteiger partial charge on any atom is -0.481 e. The number of amides is 2. The van der Waals surface area contributed by atoms with Gasteiger partial charge in [0.2, 0.25) is 5.91 Å². The van der Waals surface area contributed by atoms with Crippen LogP contribution in [0.5, 0.6) is 0 Å². The molecule has 1 atom stereocenters. The summed E-state index contributed by atoms with van der Waals surface area (Å²) in [5, 5.41) is 11.5. The summed E-state index contributed by atoms with van der Waals surface area (Å²) in [6.07, 6.45) is 8.57. The van der Waals surface area contributed by atoms with Crippen LogP contribution in [0.3, 0.4) is 0 Å². The zero-order valence-corrected chi connectivity index (χ0v) is 15.1. The second-order valence-corrected chi connectivity index (χ2v) is 6.69. The van der Waals surface area contributed by atoms with Gasteiger partial charge in [0.15, 0.2) is 5.76 Å². The number of nitrogens with one attached hydrogen (secondary N) is 1. The summed E-state index contributed by atoms with van der Waals surface area (Å²) in [6.45, 7) is 1.15. The van der Waals surface area contributed by atoms with Gasteiger partial charge in [-0.3, -0.25) is 14.4 Å². The fourth-order valence-corrected chi connectivity index (χ4v) is 3.25. The van der Waals surface area contributed by atoms with Crippen molar-refractivity contribution in [2.45, 2.75) is 63.8 Å². The van der Waals surface area contributed by atoms with Gasteiger partial charge in [-0.1, -0.05) is 19.3 Å². The van der Waals surface area contributed by atoms with Gasteiger partial charge in [-0.05, 0) is 44.2 Å². The van der Waals surface area contributed by atoms with Gasteiger partial charge in [0.25, 0.3) is 5.91 Å². The van der Waals surface area contributed by atoms with E-state index in [-0.39, 0.29) is 24.0 Å². The molecular formula is C19H28N2O5. The first-order chi connectivity index (χ1) is 12.6. The van der Waals surface area contributed by atoms with Crippen LogP contribution in [0, 0.1) is 0 Å². The van der Waals surface area contributed by atoms with E-state index in [9.17, 15) is 14.4 Å². The summed E-state index contributed by atoms with van der Waals surface area (Å²) in [6, 6.07) is 2.86. The molecule has 2 N–H and O–H groups in total. The molecule has 0 spiro atoms. The van der Waals surface area contributed by atoms with Gasteiger partial charge in [-0.25, -0.2) is 0 Å². The van der Waals surface area contributed by atoms with E-state index >= 15 is 0 Å². The summed E-state index contributed by atoms with van der Waals surface area (Å²) >= 11 is 0. The van der Waals surface area contributed by atoms with Crippen LogP contribution in [-0.2, 0) is 9.59 Å². The molecular weight excluding hydrogens is 336 g/mol. The molecule has 2 amide bonds. The van der Waals surface area contributed by atoms with E-state index in [1.165, 1.54) is 6.26 Å². The zero-order valence-electron chi connectivity index (χ0n) is 15.1. The van der Waals surface area contributed by atoms with Gasteiger partial charge in [0.1, 0.15) is 6.04 Å². The van der Waals surface area contributed by atoms with Crippen LogP contribution in [-0.4, -0.2) is 46.9 Å². The molecule has 144 valence electrons. The van der Waals surface area contributed by atoms with Crippen LogP contribution in [0.4, 0.5) is 0 Å². The molecule has 1 aliphatic rings. The summed E-state index contributed by atoms with van der Waals surface area (Å²) in [7, 11) is 0. The Labute approximate surface area is 153 Å². The lowest BCUT2D eigenvalue weighted by Gasteiger charge is -2.34. The normalized spacial score (nSPS) is 17.1. The predicted molar refractivity (Wildman–Crippen MR) is 95.7 cm³/mol. The maximum atomic E-state index is 12.5. The van der Waals surface area contributed by atoms with Crippen LogP contribution < -0.4 is 5.32 Å². The standard InChI is InChI=1S/C19H28N2O5/c22-17(23)11-4-2-1-3-6-12-20-18(24)15-9-5-7-13-21(15)19(25)16-10-8-14-26-16/h8,10,14-15H,1-7,9,11-13H2,(H,20,24)(H,22,23). The van der Waals surface area contributed by atoms with E-state index in [1.54, 1.807) is 17.0 Å². The molecule has 0 saturated carbocycles. The fraction of sp³-hybridized carbons (Fsp3) is 0.632. The molecule has 0 bridgehead atoms. The highest BCUT2D eigenvalue weighted by Gasteiger charge is 2.33. The Balaban J connectivity index is 1.69. The number of carbonyl (C=O) groups is 3. The number of nitrogens with zero attached hydrogens (tertiary/aromatic N) is 1. The first kappa shape index (κ1) is 20.0. The molecule has 7 heteroatoms. The number of furan rings is 1. The van der Waals surface area contributed by atoms with Crippen molar-refractivity contribution in [3.8, 4) is 0 Å². The van der Waals surface area contributed by atoms with Crippen molar-refractivity contribution in [2.24, 2.45) is 0 Å². The molecule has 7 nitrogen and oxygen atoms in total. The van der Waals surface area contributed by atoms with Crippen molar-refractivity contribution in [3.05, 3.63) is 24.2 Å². The number of carboxylic acid groups (broad SMARTS) is 1. The first-order valence-electron chi connectivity index (χ1n) is 9.43. The molecule has 0 aliphatic carbocycles. The van der Waals surface area contributed by atoms with E-state index in [1.807, 2.05) is 0 Å². The molecule has 1 aromatic rings. The lowest BCUT2D eigenvalue weighted by Crippen LogP contribution is -2.52. The maximum Gasteiger partial charge on any atom is 0.303 e. The van der Waals surface area contributed by atoms with Gasteiger partial charge in [-0.15, -0.1) is 0 Å². The van der Waals surface area contributed by atoms with Crippen LogP contribution >= 0.6 is 0 Å². The first-order valence-corrected chi connectivity index (χ1v) is 9.43. The highest BCUT2D eigenvalue weighted by Crippen LogP contribution is 2.20. The quantitative estimate of drug-likeness (QED) is 0.622. The number of likely N-dealkylation sites (tertiary alicyclic amines) is 1. The molecule has 1 aromatic heterocycles. The molecule has 2 rings (SSSR count). The Morgan fingerprint density at radius 1 is 1.15 bits per heavy atom. The van der Waals surface area contributed by atoms with Gasteiger partial charge in [0, 0.05) is 19.5 Å². The molecule has 1 unspecified atom stereocenters. The molecule has 1 saturated heterocycles. The minimum atomic E-state index is -0.751. The number of unbranched alkanes of at least 4 members (excludes halogenated alkanes) is 4. The van der Waals surface area contributed by atoms with Crippen molar-refractivity contribution < 1.29 is 23.9 Å². The SMILES string of the molecule is O=C(O)CCCCCCCNC(=O)C1CCCCN1C(=O)c1ccco1. The van der Waals surface area contributed by atoms with Crippen molar-refractivity contribution >= 4 is 17.8 Å². The average molecular weight is 364 g/mol. The van der Waals surface area contributed by atoms with E-state index in [0.29, 0.717) is 25.9 Å². The van der Waals surface area contributed by atoms with E-state index < -0.39 is 12.0 Å². The molecule has 0 radical (unpaired) electrons. The summed E-state index contributed by atoms with van der Waals surface area (Å²) in [5.41, 5.74) is 0. The van der Waals surface area contributed by atoms with E-state index in [0.717, 1.165) is 38.5 Å². The van der Waals surface area contributed by atoms with Gasteiger partial charge >= 0.3 is 5.97 Å². The van der Waals surface area contributed by atoms with Gasteiger partial charge < -0.3 is 19.7 Å². The summed E-state index contributed by atoms with van der Waals surface area (Å²) < 4.78 is 5.18. The third-order valence-corrected chi connectivity index (χ3v) is 4.66. The van der Waals surface area contributed by atoms with Crippen LogP contribution in [0.25, 0.3) is 0 Å². The predicted octanol–water partition coefficient (Wildman–Crippen LogP) is 2.82. The Morgan fingerprint density at radius 3 is 2.65 bits per heavy atom. The highest BCUT2D eigenvalue weighted by molar-refractivity contribution is 5.95. The number of aliphatic carboxylic acids is 1. The summed E-state index contributed by atoms with van der Waals surface area (Å²) in [5.74, 6) is -0.812. The number of hydrogen-bond acceptors (Lipinski definition) is 4. The molecule has 1 fully saturated rings. The van der Waals surface area contributed by atoms with Crippen LogP contribution in [0.1, 0.15) is 68.3 Å². The molecule has 1 aliphatic heterocycles. The van der Waals surface area contributed by atoms with Crippen molar-refractivity contribution in [2.75, 3.05) is 13.1 Å². The lowest BCUT2D eigenvalue weighted by atomic mass is 10.0. The Bertz CT molecular complexity index is 585. The molecule has 26 heavy (non-hydrogen) atoms. The smallest absolute Gasteiger partial charge is 0.303 e. The Morgan fingerprint density at radius 2 is 1.92 bits per heavy atom. The number of carbonyl (C=O) groups excluding carboxylic acids is 2. The van der Waals surface area contributed by atoms with Crippen LogP contribution in [0.2, 0.25) is 0 Å². The van der Waals surface area contributed by atoms with Gasteiger partial charge in [0.05, 0.1) is 6.26 Å². The zero-order chi connectivity index (χ0) is 18.8. The Hall–Kier alpha value is -2.31. The number of piperidine rings is 1. The van der Waals surface area contributed by atoms with E-state index in [2.05, 4.69) is 5.32 Å². The third-order valence-electron chi connectivity index (χ3n) is 4.66. The molecule has 0 aromatic carbocycles. The molecule has 2 heterocycles. The number of hydrogen-bond donors (Lipinski definition) is 2. The second kappa shape index (κ2) is 10.6. The third kappa shape index (κ3) is 6.20. The summed E-state index contributed by atoms with van der Waals surface area (Å²) in [4.78, 5) is 37.0. The van der Waals surface area contributed by atoms with Crippen molar-refractivity contribution in [1.29, 1.82) is 0 Å². The minimum absolute atomic E-state index is 0.101. The van der Waals surface area contributed by atoms with Crippen molar-refractivity contribution in [3.63, 3.8) is 0 Å². The van der Waals surface area contributed by atoms with Crippen LogP contribution in [0.15, 0.2) is 22.8 Å². The monoisotopic (exact) mass is 364 g/mol. The number of rotatable bonds is 10. The average Bonchev–Trinajstić information content (AvgIpc) is 3.17. The number of carboxylic acids is 1. The topological polar surface area (TPSA) is 99.9 Å². The largest absolute Gasteiger partial charge is 0.481 e. The second-order valence-electron chi connectivity index (χ2n) is 6.69. The van der Waals surface area contributed by atoms with Crippen molar-refractivity contribution in [1.82, 2.24) is 10.2 Å². The highest BCUT2D eigenvalue weighted by atomic mass is 16.4. The lowest BCUT2D eigenvalue weighted by molar-refractivity contribution is -0.137.